The van der Waals surface area contributed by atoms with Gasteiger partial charge >= 0.3 is 24.4 Å². The molecule has 0 heterocycles. The predicted molar refractivity (Wildman–Crippen MR) is 112 cm³/mol. The Morgan fingerprint density at radius 2 is 0.714 bits per heavy atom. The minimum Gasteiger partial charge on any atom is -0.372 e. The fraction of sp³-hybridized carbons (Fsp3) is 0.273. The highest BCUT2D eigenvalue weighted by atomic mass is 19.3. The van der Waals surface area contributed by atoms with Gasteiger partial charge in [0.2, 0.25) is 0 Å². The number of hydrogen-bond donors (Lipinski definition) is 2. The minimum atomic E-state index is -6.73. The average molecular weight is 640 g/mol. The van der Waals surface area contributed by atoms with Crippen molar-refractivity contribution >= 4 is 23.5 Å². The molecule has 2 aromatic carbocycles. The summed E-state index contributed by atoms with van der Waals surface area (Å²) in [5, 5.41) is 1.78. The maximum absolute atomic E-state index is 13.9. The Morgan fingerprint density at radius 1 is 0.476 bits per heavy atom. The zero-order valence-corrected chi connectivity index (χ0v) is 19.8. The zero-order valence-electron chi connectivity index (χ0n) is 19.8. The van der Waals surface area contributed by atoms with E-state index < -0.39 is 107 Å². The van der Waals surface area contributed by atoms with Crippen LogP contribution in [0.3, 0.4) is 0 Å². The van der Waals surface area contributed by atoms with Crippen molar-refractivity contribution in [2.45, 2.75) is 24.4 Å². The molecule has 234 valence electrons. The standard InChI is InChI=1S/C22H12F16N2O2/c1-3-7-9(23)13(27)17(14(28)10(7)24)39-5-19(31,32)41-21(35,36)22(37,38)42-20(33,34)6-40-18-15(29)11(25)8(4-2)12(26)16(18)30/h3-4,39-40H,1-2,5-6H2. The van der Waals surface area contributed by atoms with Gasteiger partial charge in [0.05, 0.1) is 11.1 Å². The van der Waals surface area contributed by atoms with Crippen LogP contribution in [0.15, 0.2) is 13.2 Å². The molecule has 0 fully saturated rings. The lowest BCUT2D eigenvalue weighted by Crippen LogP contribution is -2.53. The SMILES string of the molecule is C=Cc1c(F)c(F)c(NCC(F)(F)OC(F)(F)C(F)(F)OC(F)(F)CNc2c(F)c(F)c(C=C)c(F)c2F)c(F)c1F. The highest BCUT2D eigenvalue weighted by Crippen LogP contribution is 2.43. The fourth-order valence-electron chi connectivity index (χ4n) is 2.91. The van der Waals surface area contributed by atoms with E-state index in [2.05, 4.69) is 22.6 Å². The number of ether oxygens (including phenoxy) is 2. The lowest BCUT2D eigenvalue weighted by atomic mass is 10.1. The van der Waals surface area contributed by atoms with Gasteiger partial charge in [0.1, 0.15) is 24.5 Å². The summed E-state index contributed by atoms with van der Waals surface area (Å²) < 4.78 is 225. The molecular formula is C22H12F16N2O2. The molecule has 0 saturated heterocycles. The first kappa shape index (κ1) is 34.5. The quantitative estimate of drug-likeness (QED) is 0.172. The van der Waals surface area contributed by atoms with Gasteiger partial charge < -0.3 is 10.6 Å². The first-order chi connectivity index (χ1) is 19.0. The molecule has 2 rings (SSSR count). The number of anilines is 2. The van der Waals surface area contributed by atoms with E-state index in [1.54, 1.807) is 0 Å². The van der Waals surface area contributed by atoms with Crippen LogP contribution in [-0.2, 0) is 9.47 Å². The van der Waals surface area contributed by atoms with Crippen LogP contribution in [0.2, 0.25) is 0 Å². The third-order valence-corrected chi connectivity index (χ3v) is 4.84. The average Bonchev–Trinajstić information content (AvgIpc) is 2.85. The van der Waals surface area contributed by atoms with Gasteiger partial charge in [-0.3, -0.25) is 0 Å². The number of rotatable bonds is 13. The van der Waals surface area contributed by atoms with Gasteiger partial charge in [-0.25, -0.2) is 44.6 Å². The Balaban J connectivity index is 2.20. The molecule has 20 heteroatoms. The molecule has 0 aromatic heterocycles. The summed E-state index contributed by atoms with van der Waals surface area (Å²) in [6.07, 6.45) is -24.3. The summed E-state index contributed by atoms with van der Waals surface area (Å²) in [7, 11) is 0. The highest BCUT2D eigenvalue weighted by Gasteiger charge is 2.67. The topological polar surface area (TPSA) is 42.5 Å². The van der Waals surface area contributed by atoms with E-state index in [0.717, 1.165) is 10.6 Å². The summed E-state index contributed by atoms with van der Waals surface area (Å²) >= 11 is 0. The molecule has 0 radical (unpaired) electrons. The van der Waals surface area contributed by atoms with Crippen molar-refractivity contribution in [3.63, 3.8) is 0 Å². The van der Waals surface area contributed by atoms with Gasteiger partial charge in [-0.2, -0.15) is 35.1 Å². The Bertz CT molecular complexity index is 1220. The van der Waals surface area contributed by atoms with E-state index >= 15 is 0 Å². The largest absolute Gasteiger partial charge is 0.453 e. The lowest BCUT2D eigenvalue weighted by molar-refractivity contribution is -0.509. The first-order valence-corrected chi connectivity index (χ1v) is 10.4. The minimum absolute atomic E-state index is 0.272. The smallest absolute Gasteiger partial charge is 0.372 e. The van der Waals surface area contributed by atoms with Crippen molar-refractivity contribution in [2.75, 3.05) is 23.7 Å². The lowest BCUT2D eigenvalue weighted by Gasteiger charge is -2.31. The van der Waals surface area contributed by atoms with Gasteiger partial charge in [0, 0.05) is 0 Å². The van der Waals surface area contributed by atoms with E-state index in [9.17, 15) is 70.2 Å². The Hall–Kier alpha value is -3.68. The molecule has 0 amide bonds. The molecule has 2 N–H and O–H groups in total. The molecule has 0 aliphatic heterocycles. The summed E-state index contributed by atoms with van der Waals surface area (Å²) in [4.78, 5) is 0. The van der Waals surface area contributed by atoms with Crippen LogP contribution < -0.4 is 10.6 Å². The second-order valence-electron chi connectivity index (χ2n) is 7.72. The van der Waals surface area contributed by atoms with E-state index in [4.69, 9.17) is 0 Å². The van der Waals surface area contributed by atoms with Crippen LogP contribution in [0.1, 0.15) is 11.1 Å². The van der Waals surface area contributed by atoms with Gasteiger partial charge in [0.25, 0.3) is 0 Å². The molecular weight excluding hydrogens is 628 g/mol. The summed E-state index contributed by atoms with van der Waals surface area (Å²) in [5.41, 5.74) is -6.91. The van der Waals surface area contributed by atoms with Gasteiger partial charge in [0.15, 0.2) is 46.5 Å². The number of nitrogens with one attached hydrogen (secondary N) is 2. The molecule has 0 aliphatic carbocycles. The van der Waals surface area contributed by atoms with Crippen molar-refractivity contribution in [1.29, 1.82) is 0 Å². The van der Waals surface area contributed by atoms with Gasteiger partial charge in [-0.05, 0) is 0 Å². The molecule has 4 nitrogen and oxygen atoms in total. The van der Waals surface area contributed by atoms with Crippen LogP contribution >= 0.6 is 0 Å². The van der Waals surface area contributed by atoms with Crippen molar-refractivity contribution in [3.8, 4) is 0 Å². The van der Waals surface area contributed by atoms with E-state index in [1.807, 2.05) is 0 Å². The Morgan fingerprint density at radius 3 is 0.929 bits per heavy atom. The Labute approximate surface area is 223 Å². The molecule has 0 aliphatic rings. The van der Waals surface area contributed by atoms with Gasteiger partial charge in [-0.1, -0.05) is 25.3 Å². The van der Waals surface area contributed by atoms with Gasteiger partial charge in [-0.15, -0.1) is 0 Å². The number of alkyl halides is 8. The molecule has 42 heavy (non-hydrogen) atoms. The van der Waals surface area contributed by atoms with Crippen molar-refractivity contribution < 1.29 is 79.7 Å². The molecule has 0 spiro atoms. The molecule has 0 bridgehead atoms. The first-order valence-electron chi connectivity index (χ1n) is 10.4. The number of benzene rings is 2. The van der Waals surface area contributed by atoms with Crippen molar-refractivity contribution in [1.82, 2.24) is 0 Å². The summed E-state index contributed by atoms with van der Waals surface area (Å²) in [6, 6.07) is 0. The molecule has 0 atom stereocenters. The van der Waals surface area contributed by atoms with Crippen molar-refractivity contribution in [2.24, 2.45) is 0 Å². The van der Waals surface area contributed by atoms with Crippen molar-refractivity contribution in [3.05, 3.63) is 70.8 Å². The van der Waals surface area contributed by atoms with Crippen LogP contribution in [0.4, 0.5) is 81.6 Å². The van der Waals surface area contributed by atoms with Crippen LogP contribution in [0.5, 0.6) is 0 Å². The van der Waals surface area contributed by atoms with Crippen LogP contribution in [0.25, 0.3) is 12.2 Å². The maximum Gasteiger partial charge on any atom is 0.453 e. The second kappa shape index (κ2) is 11.9. The van der Waals surface area contributed by atoms with Crippen LogP contribution in [-0.4, -0.2) is 37.5 Å². The normalized spacial score (nSPS) is 12.9. The van der Waals surface area contributed by atoms with Crippen LogP contribution in [0, 0.1) is 46.5 Å². The summed E-state index contributed by atoms with van der Waals surface area (Å²) in [6.45, 7) is 0.381. The number of hydrogen-bond acceptors (Lipinski definition) is 4. The monoisotopic (exact) mass is 640 g/mol. The zero-order chi connectivity index (χ0) is 32.6. The Kier molecular flexibility index (Phi) is 9.78. The third kappa shape index (κ3) is 6.85. The molecule has 0 saturated carbocycles. The fourth-order valence-corrected chi connectivity index (χ4v) is 2.91. The summed E-state index contributed by atoms with van der Waals surface area (Å²) in [5.74, 6) is -18.3. The number of halogens is 16. The second-order valence-corrected chi connectivity index (χ2v) is 7.72. The predicted octanol–water partition coefficient (Wildman–Crippen LogP) is 8.01. The van der Waals surface area contributed by atoms with E-state index in [-0.39, 0.29) is 12.2 Å². The molecule has 0 unspecified atom stereocenters. The highest BCUT2D eigenvalue weighted by molar-refractivity contribution is 5.58. The van der Waals surface area contributed by atoms with E-state index in [1.165, 1.54) is 0 Å². The van der Waals surface area contributed by atoms with E-state index in [0.29, 0.717) is 0 Å². The molecule has 2 aromatic rings. The maximum atomic E-state index is 13.9. The third-order valence-electron chi connectivity index (χ3n) is 4.84.